The summed E-state index contributed by atoms with van der Waals surface area (Å²) < 4.78 is 0.596. The summed E-state index contributed by atoms with van der Waals surface area (Å²) >= 11 is 3.24. The van der Waals surface area contributed by atoms with E-state index in [1.54, 1.807) is 12.1 Å². The van der Waals surface area contributed by atoms with Gasteiger partial charge in [0.05, 0.1) is 5.56 Å². The number of hydrogen-bond acceptors (Lipinski definition) is 2. The van der Waals surface area contributed by atoms with Gasteiger partial charge in [-0.15, -0.1) is 0 Å². The Morgan fingerprint density at radius 2 is 1.86 bits per heavy atom. The van der Waals surface area contributed by atoms with Gasteiger partial charge in [0.1, 0.15) is 0 Å². The number of halogens is 1. The van der Waals surface area contributed by atoms with E-state index in [9.17, 15) is 9.59 Å². The molecule has 4 nitrogen and oxygen atoms in total. The Hall–Kier alpha value is -2.14. The molecule has 0 saturated carbocycles. The summed E-state index contributed by atoms with van der Waals surface area (Å²) in [6.45, 7) is 3.82. The van der Waals surface area contributed by atoms with Crippen molar-refractivity contribution in [1.82, 2.24) is 0 Å². The molecule has 0 fully saturated rings. The van der Waals surface area contributed by atoms with Gasteiger partial charge in [-0.2, -0.15) is 0 Å². The van der Waals surface area contributed by atoms with E-state index in [-0.39, 0.29) is 11.5 Å². The second-order valence-electron chi connectivity index (χ2n) is 4.74. The number of nitrogens with one attached hydrogen (secondary N) is 1. The Morgan fingerprint density at radius 3 is 2.52 bits per heavy atom. The van der Waals surface area contributed by atoms with Crippen molar-refractivity contribution in [2.24, 2.45) is 0 Å². The summed E-state index contributed by atoms with van der Waals surface area (Å²) in [7, 11) is 0. The number of rotatable bonds is 3. The third-order valence-electron chi connectivity index (χ3n) is 3.25. The van der Waals surface area contributed by atoms with Gasteiger partial charge < -0.3 is 10.4 Å². The maximum absolute atomic E-state index is 12.3. The molecule has 21 heavy (non-hydrogen) atoms. The van der Waals surface area contributed by atoms with Gasteiger partial charge in [-0.25, -0.2) is 4.79 Å². The van der Waals surface area contributed by atoms with Crippen molar-refractivity contribution in [3.63, 3.8) is 0 Å². The van der Waals surface area contributed by atoms with Gasteiger partial charge in [-0.1, -0.05) is 28.1 Å². The molecule has 1 amide bonds. The molecule has 0 saturated heterocycles. The minimum Gasteiger partial charge on any atom is -0.478 e. The maximum atomic E-state index is 12.3. The molecule has 0 bridgehead atoms. The Kier molecular flexibility index (Phi) is 4.43. The van der Waals surface area contributed by atoms with Gasteiger partial charge in [-0.3, -0.25) is 4.79 Å². The standard InChI is InChI=1S/C16H14BrNO3/c1-9-4-3-5-14(10(9)2)15(19)18-13-7-11(16(20)21)6-12(17)8-13/h3-8H,1-2H3,(H,18,19)(H,20,21). The van der Waals surface area contributed by atoms with E-state index >= 15 is 0 Å². The lowest BCUT2D eigenvalue weighted by Crippen LogP contribution is -2.14. The quantitative estimate of drug-likeness (QED) is 0.881. The Bertz CT molecular complexity index is 725. The lowest BCUT2D eigenvalue weighted by molar-refractivity contribution is 0.0696. The van der Waals surface area contributed by atoms with Crippen LogP contribution in [0, 0.1) is 13.8 Å². The van der Waals surface area contributed by atoms with E-state index in [1.165, 1.54) is 12.1 Å². The smallest absolute Gasteiger partial charge is 0.335 e. The van der Waals surface area contributed by atoms with Crippen LogP contribution in [0.2, 0.25) is 0 Å². The van der Waals surface area contributed by atoms with Crippen LogP contribution in [0.25, 0.3) is 0 Å². The number of carboxylic acids is 1. The van der Waals surface area contributed by atoms with E-state index in [2.05, 4.69) is 21.2 Å². The Balaban J connectivity index is 2.31. The lowest BCUT2D eigenvalue weighted by atomic mass is 10.0. The first-order valence-corrected chi connectivity index (χ1v) is 7.09. The molecule has 0 radical (unpaired) electrons. The molecule has 0 atom stereocenters. The van der Waals surface area contributed by atoms with Crippen LogP contribution in [0.15, 0.2) is 40.9 Å². The fourth-order valence-corrected chi connectivity index (χ4v) is 2.47. The van der Waals surface area contributed by atoms with Crippen molar-refractivity contribution in [2.75, 3.05) is 5.32 Å². The highest BCUT2D eigenvalue weighted by atomic mass is 79.9. The van der Waals surface area contributed by atoms with E-state index in [4.69, 9.17) is 5.11 Å². The zero-order valence-corrected chi connectivity index (χ0v) is 13.2. The molecule has 108 valence electrons. The Labute approximate surface area is 130 Å². The number of aromatic carboxylic acids is 1. The summed E-state index contributed by atoms with van der Waals surface area (Å²) in [6.07, 6.45) is 0. The largest absolute Gasteiger partial charge is 0.478 e. The third-order valence-corrected chi connectivity index (χ3v) is 3.71. The fraction of sp³-hybridized carbons (Fsp3) is 0.125. The van der Waals surface area contributed by atoms with E-state index in [1.807, 2.05) is 26.0 Å². The van der Waals surface area contributed by atoms with Crippen LogP contribution >= 0.6 is 15.9 Å². The molecule has 2 aromatic carbocycles. The molecule has 5 heteroatoms. The normalized spacial score (nSPS) is 10.2. The predicted molar refractivity (Wildman–Crippen MR) is 85.0 cm³/mol. The number of aryl methyl sites for hydroxylation is 1. The highest BCUT2D eigenvalue weighted by Crippen LogP contribution is 2.21. The van der Waals surface area contributed by atoms with E-state index < -0.39 is 5.97 Å². The van der Waals surface area contributed by atoms with Crippen molar-refractivity contribution < 1.29 is 14.7 Å². The fourth-order valence-electron chi connectivity index (χ4n) is 1.98. The minimum absolute atomic E-state index is 0.112. The molecule has 0 aliphatic heterocycles. The van der Waals surface area contributed by atoms with Crippen LogP contribution in [0.3, 0.4) is 0 Å². The Morgan fingerprint density at radius 1 is 1.14 bits per heavy atom. The van der Waals surface area contributed by atoms with Crippen LogP contribution in [0.4, 0.5) is 5.69 Å². The molecule has 0 aromatic heterocycles. The molecular weight excluding hydrogens is 334 g/mol. The van der Waals surface area contributed by atoms with Crippen LogP contribution in [-0.4, -0.2) is 17.0 Å². The van der Waals surface area contributed by atoms with E-state index in [0.717, 1.165) is 11.1 Å². The molecule has 0 aliphatic carbocycles. The number of carbonyl (C=O) groups is 2. The number of amides is 1. The molecule has 0 spiro atoms. The SMILES string of the molecule is Cc1cccc(C(=O)Nc2cc(Br)cc(C(=O)O)c2)c1C. The van der Waals surface area contributed by atoms with E-state index in [0.29, 0.717) is 15.7 Å². The highest BCUT2D eigenvalue weighted by Gasteiger charge is 2.12. The molecule has 0 heterocycles. The number of anilines is 1. The van der Waals surface area contributed by atoms with Crippen molar-refractivity contribution in [3.05, 3.63) is 63.1 Å². The van der Waals surface area contributed by atoms with Gasteiger partial charge >= 0.3 is 5.97 Å². The van der Waals surface area contributed by atoms with Crippen LogP contribution in [-0.2, 0) is 0 Å². The minimum atomic E-state index is -1.04. The average molecular weight is 348 g/mol. The molecule has 2 N–H and O–H groups in total. The monoisotopic (exact) mass is 347 g/mol. The van der Waals surface area contributed by atoms with Crippen LogP contribution < -0.4 is 5.32 Å². The molecule has 2 rings (SSSR count). The lowest BCUT2D eigenvalue weighted by Gasteiger charge is -2.10. The molecular formula is C16H14BrNO3. The molecule has 2 aromatic rings. The van der Waals surface area contributed by atoms with Gasteiger partial charge in [0.2, 0.25) is 0 Å². The van der Waals surface area contributed by atoms with Crippen molar-refractivity contribution in [3.8, 4) is 0 Å². The predicted octanol–water partition coefficient (Wildman–Crippen LogP) is 4.02. The number of carbonyl (C=O) groups excluding carboxylic acids is 1. The van der Waals surface area contributed by atoms with Crippen molar-refractivity contribution >= 4 is 33.5 Å². The first-order valence-electron chi connectivity index (χ1n) is 6.30. The number of hydrogen-bond donors (Lipinski definition) is 2. The van der Waals surface area contributed by atoms with Gasteiger partial charge in [0.25, 0.3) is 5.91 Å². The van der Waals surface area contributed by atoms with Gasteiger partial charge in [0, 0.05) is 15.7 Å². The van der Waals surface area contributed by atoms with Crippen LogP contribution in [0.5, 0.6) is 0 Å². The molecule has 0 unspecified atom stereocenters. The summed E-state index contributed by atoms with van der Waals surface area (Å²) in [4.78, 5) is 23.3. The topological polar surface area (TPSA) is 66.4 Å². The summed E-state index contributed by atoms with van der Waals surface area (Å²) in [6, 6.07) is 10.1. The number of carboxylic acid groups (broad SMARTS) is 1. The summed E-state index contributed by atoms with van der Waals surface area (Å²) in [5.74, 6) is -1.30. The average Bonchev–Trinajstić information content (AvgIpc) is 2.41. The van der Waals surface area contributed by atoms with Gasteiger partial charge in [-0.05, 0) is 49.2 Å². The van der Waals surface area contributed by atoms with Gasteiger partial charge in [0.15, 0.2) is 0 Å². The third kappa shape index (κ3) is 3.49. The second-order valence-corrected chi connectivity index (χ2v) is 5.65. The summed E-state index contributed by atoms with van der Waals surface area (Å²) in [5, 5.41) is 11.8. The molecule has 0 aliphatic rings. The maximum Gasteiger partial charge on any atom is 0.335 e. The van der Waals surface area contributed by atoms with Crippen LogP contribution in [0.1, 0.15) is 31.8 Å². The first kappa shape index (κ1) is 15.3. The van der Waals surface area contributed by atoms with Crippen molar-refractivity contribution in [2.45, 2.75) is 13.8 Å². The van der Waals surface area contributed by atoms with Crippen molar-refractivity contribution in [1.29, 1.82) is 0 Å². The zero-order chi connectivity index (χ0) is 15.6. The summed E-state index contributed by atoms with van der Waals surface area (Å²) in [5.41, 5.74) is 3.06. The highest BCUT2D eigenvalue weighted by molar-refractivity contribution is 9.10. The number of benzene rings is 2. The second kappa shape index (κ2) is 6.10. The zero-order valence-electron chi connectivity index (χ0n) is 11.6. The first-order chi connectivity index (χ1) is 9.88.